The van der Waals surface area contributed by atoms with Gasteiger partial charge in [0.05, 0.1) is 0 Å². The van der Waals surface area contributed by atoms with Crippen LogP contribution in [-0.4, -0.2) is 6.04 Å². The van der Waals surface area contributed by atoms with E-state index in [9.17, 15) is 8.78 Å². The number of nitrogens with two attached hydrogens (primary N) is 1. The average Bonchev–Trinajstić information content (AvgIpc) is 2.37. The minimum atomic E-state index is -0.591. The lowest BCUT2D eigenvalue weighted by Crippen LogP contribution is -2.22. The van der Waals surface area contributed by atoms with E-state index in [1.807, 2.05) is 25.1 Å². The van der Waals surface area contributed by atoms with Crippen molar-refractivity contribution >= 4 is 23.4 Å². The maximum absolute atomic E-state index is 13.7. The van der Waals surface area contributed by atoms with Crippen molar-refractivity contribution in [3.63, 3.8) is 0 Å². The summed E-state index contributed by atoms with van der Waals surface area (Å²) in [5, 5.41) is 0.446. The molecule has 0 aliphatic rings. The molecular weight excluding hydrogens is 300 g/mol. The number of benzene rings is 2. The molecule has 0 amide bonds. The standard InChI is InChI=1S/C15H14ClF2NS/c1-9(19)15(10-3-2-4-11(16)7-10)20-14-6-5-12(17)8-13(14)18/h2-9,15H,19H2,1H3. The second-order valence-electron chi connectivity index (χ2n) is 4.53. The van der Waals surface area contributed by atoms with Gasteiger partial charge in [0.1, 0.15) is 11.6 Å². The van der Waals surface area contributed by atoms with E-state index in [0.717, 1.165) is 11.6 Å². The lowest BCUT2D eigenvalue weighted by Gasteiger charge is -2.21. The molecule has 2 unspecified atom stereocenters. The van der Waals surface area contributed by atoms with Gasteiger partial charge in [0.25, 0.3) is 0 Å². The molecule has 106 valence electrons. The van der Waals surface area contributed by atoms with Gasteiger partial charge in [-0.3, -0.25) is 0 Å². The summed E-state index contributed by atoms with van der Waals surface area (Å²) in [6, 6.07) is 10.6. The van der Waals surface area contributed by atoms with Gasteiger partial charge in [-0.1, -0.05) is 23.7 Å². The van der Waals surface area contributed by atoms with Crippen molar-refractivity contribution in [1.82, 2.24) is 0 Å². The fraction of sp³-hybridized carbons (Fsp3) is 0.200. The van der Waals surface area contributed by atoms with Crippen LogP contribution in [0.15, 0.2) is 47.4 Å². The van der Waals surface area contributed by atoms with Crippen LogP contribution in [0.1, 0.15) is 17.7 Å². The summed E-state index contributed by atoms with van der Waals surface area (Å²) in [5.41, 5.74) is 6.90. The average molecular weight is 314 g/mol. The molecule has 0 saturated heterocycles. The van der Waals surface area contributed by atoms with Crippen molar-refractivity contribution in [3.05, 3.63) is 64.7 Å². The van der Waals surface area contributed by atoms with E-state index in [1.54, 1.807) is 6.07 Å². The van der Waals surface area contributed by atoms with Gasteiger partial charge in [-0.15, -0.1) is 11.8 Å². The zero-order chi connectivity index (χ0) is 14.7. The van der Waals surface area contributed by atoms with E-state index in [0.29, 0.717) is 9.92 Å². The lowest BCUT2D eigenvalue weighted by molar-refractivity contribution is 0.565. The fourth-order valence-corrected chi connectivity index (χ4v) is 3.16. The van der Waals surface area contributed by atoms with Crippen molar-refractivity contribution < 1.29 is 8.78 Å². The maximum Gasteiger partial charge on any atom is 0.139 e. The zero-order valence-electron chi connectivity index (χ0n) is 10.8. The second-order valence-corrected chi connectivity index (χ2v) is 6.15. The van der Waals surface area contributed by atoms with Crippen LogP contribution in [0.5, 0.6) is 0 Å². The van der Waals surface area contributed by atoms with Gasteiger partial charge in [-0.05, 0) is 36.8 Å². The van der Waals surface area contributed by atoms with Crippen LogP contribution in [0.3, 0.4) is 0 Å². The highest BCUT2D eigenvalue weighted by atomic mass is 35.5. The highest BCUT2D eigenvalue weighted by Crippen LogP contribution is 2.39. The van der Waals surface area contributed by atoms with Gasteiger partial charge >= 0.3 is 0 Å². The fourth-order valence-electron chi connectivity index (χ4n) is 1.87. The highest BCUT2D eigenvalue weighted by molar-refractivity contribution is 7.99. The topological polar surface area (TPSA) is 26.0 Å². The molecule has 2 aromatic carbocycles. The molecule has 0 aromatic heterocycles. The molecule has 0 radical (unpaired) electrons. The van der Waals surface area contributed by atoms with E-state index < -0.39 is 11.6 Å². The summed E-state index contributed by atoms with van der Waals surface area (Å²) in [6.45, 7) is 1.85. The van der Waals surface area contributed by atoms with E-state index in [2.05, 4.69) is 0 Å². The van der Waals surface area contributed by atoms with E-state index in [4.69, 9.17) is 17.3 Å². The molecule has 1 nitrogen and oxygen atoms in total. The minimum absolute atomic E-state index is 0.159. The van der Waals surface area contributed by atoms with Crippen LogP contribution in [0.25, 0.3) is 0 Å². The van der Waals surface area contributed by atoms with E-state index in [1.165, 1.54) is 23.9 Å². The first-order chi connectivity index (χ1) is 9.47. The van der Waals surface area contributed by atoms with Crippen LogP contribution in [0.2, 0.25) is 5.02 Å². The molecular formula is C15H14ClF2NS. The summed E-state index contributed by atoms with van der Waals surface area (Å²) in [7, 11) is 0. The van der Waals surface area contributed by atoms with Crippen LogP contribution < -0.4 is 5.73 Å². The van der Waals surface area contributed by atoms with Crippen LogP contribution >= 0.6 is 23.4 Å². The summed E-state index contributed by atoms with van der Waals surface area (Å²) in [4.78, 5) is 0.369. The summed E-state index contributed by atoms with van der Waals surface area (Å²) in [6.07, 6.45) is 0. The molecule has 0 spiro atoms. The minimum Gasteiger partial charge on any atom is -0.327 e. The number of thioether (sulfide) groups is 1. The Morgan fingerprint density at radius 2 is 1.90 bits per heavy atom. The molecule has 0 heterocycles. The van der Waals surface area contributed by atoms with Crippen molar-refractivity contribution in [2.45, 2.75) is 23.1 Å². The number of hydrogen-bond acceptors (Lipinski definition) is 2. The van der Waals surface area contributed by atoms with Crippen LogP contribution in [-0.2, 0) is 0 Å². The molecule has 2 aromatic rings. The van der Waals surface area contributed by atoms with Crippen LogP contribution in [0.4, 0.5) is 8.78 Å². The summed E-state index contributed by atoms with van der Waals surface area (Å²) in [5.74, 6) is -1.17. The largest absolute Gasteiger partial charge is 0.327 e. The van der Waals surface area contributed by atoms with Gasteiger partial charge in [0.2, 0.25) is 0 Å². The first kappa shape index (κ1) is 15.3. The Labute approximate surface area is 126 Å². The Balaban J connectivity index is 2.30. The second kappa shape index (κ2) is 6.57. The number of hydrogen-bond donors (Lipinski definition) is 1. The number of halogens is 3. The normalized spacial score (nSPS) is 14.1. The Hall–Kier alpha value is -1.10. The van der Waals surface area contributed by atoms with Gasteiger partial charge in [-0.2, -0.15) is 0 Å². The third-order valence-electron chi connectivity index (χ3n) is 2.80. The first-order valence-corrected chi connectivity index (χ1v) is 7.36. The van der Waals surface area contributed by atoms with E-state index >= 15 is 0 Å². The molecule has 2 rings (SSSR count). The smallest absolute Gasteiger partial charge is 0.139 e. The Kier molecular flexibility index (Phi) is 5.02. The lowest BCUT2D eigenvalue weighted by atomic mass is 10.1. The predicted molar refractivity (Wildman–Crippen MR) is 80.1 cm³/mol. The van der Waals surface area contributed by atoms with Gasteiger partial charge < -0.3 is 5.73 Å². The van der Waals surface area contributed by atoms with Crippen molar-refractivity contribution in [1.29, 1.82) is 0 Å². The quantitative estimate of drug-likeness (QED) is 0.821. The summed E-state index contributed by atoms with van der Waals surface area (Å²) < 4.78 is 26.7. The Morgan fingerprint density at radius 3 is 2.50 bits per heavy atom. The molecule has 0 fully saturated rings. The van der Waals surface area contributed by atoms with Crippen LogP contribution in [0, 0.1) is 11.6 Å². The molecule has 0 aliphatic carbocycles. The molecule has 2 atom stereocenters. The third kappa shape index (κ3) is 3.72. The Bertz CT molecular complexity index is 604. The molecule has 5 heteroatoms. The highest BCUT2D eigenvalue weighted by Gasteiger charge is 2.20. The zero-order valence-corrected chi connectivity index (χ0v) is 12.4. The molecule has 0 saturated carbocycles. The number of rotatable bonds is 4. The monoisotopic (exact) mass is 313 g/mol. The summed E-state index contributed by atoms with van der Waals surface area (Å²) >= 11 is 7.24. The van der Waals surface area contributed by atoms with Gasteiger partial charge in [-0.25, -0.2) is 8.78 Å². The van der Waals surface area contributed by atoms with Crippen molar-refractivity contribution in [2.75, 3.05) is 0 Å². The molecule has 2 N–H and O–H groups in total. The molecule has 0 bridgehead atoms. The third-order valence-corrected chi connectivity index (χ3v) is 4.58. The van der Waals surface area contributed by atoms with Gasteiger partial charge in [0, 0.05) is 27.3 Å². The predicted octanol–water partition coefficient (Wildman–Crippen LogP) is 4.80. The van der Waals surface area contributed by atoms with E-state index in [-0.39, 0.29) is 11.3 Å². The molecule has 0 aliphatic heterocycles. The van der Waals surface area contributed by atoms with Crippen molar-refractivity contribution in [3.8, 4) is 0 Å². The maximum atomic E-state index is 13.7. The Morgan fingerprint density at radius 1 is 1.15 bits per heavy atom. The van der Waals surface area contributed by atoms with Gasteiger partial charge in [0.15, 0.2) is 0 Å². The SMILES string of the molecule is CC(N)C(Sc1ccc(F)cc1F)c1cccc(Cl)c1. The first-order valence-electron chi connectivity index (χ1n) is 6.10. The molecule has 20 heavy (non-hydrogen) atoms. The van der Waals surface area contributed by atoms with Crippen molar-refractivity contribution in [2.24, 2.45) is 5.73 Å².